The molecule has 196 valence electrons. The summed E-state index contributed by atoms with van der Waals surface area (Å²) in [5.41, 5.74) is 2.02. The Morgan fingerprint density at radius 1 is 1.19 bits per heavy atom. The lowest BCUT2D eigenvalue weighted by Gasteiger charge is -2.33. The minimum absolute atomic E-state index is 0.0698. The highest BCUT2D eigenvalue weighted by Gasteiger charge is 2.35. The molecule has 0 radical (unpaired) electrons. The highest BCUT2D eigenvalue weighted by atomic mass is 19.3. The number of amides is 2. The number of aromatic nitrogens is 4. The van der Waals surface area contributed by atoms with E-state index in [1.54, 1.807) is 32.7 Å². The van der Waals surface area contributed by atoms with Gasteiger partial charge in [-0.15, -0.1) is 10.2 Å². The van der Waals surface area contributed by atoms with Gasteiger partial charge in [-0.25, -0.2) is 4.79 Å². The number of alkyl halides is 2. The van der Waals surface area contributed by atoms with Crippen molar-refractivity contribution in [1.29, 1.82) is 0 Å². The minimum atomic E-state index is -2.87. The molecule has 10 nitrogen and oxygen atoms in total. The number of piperidine rings is 1. The minimum Gasteiger partial charge on any atom is -0.444 e. The fourth-order valence-corrected chi connectivity index (χ4v) is 4.74. The summed E-state index contributed by atoms with van der Waals surface area (Å²) < 4.78 is 37.9. The molecule has 0 bridgehead atoms. The number of nitrogens with zero attached hydrogens (tertiary/aromatic N) is 6. The monoisotopic (exact) mass is 514 g/mol. The summed E-state index contributed by atoms with van der Waals surface area (Å²) in [6.07, 6.45) is 0.183. The van der Waals surface area contributed by atoms with Crippen LogP contribution in [0.15, 0.2) is 28.8 Å². The van der Waals surface area contributed by atoms with Gasteiger partial charge in [0.05, 0.1) is 6.54 Å². The highest BCUT2D eigenvalue weighted by molar-refractivity contribution is 6.10. The SMILES string of the molecule is Cn1cc(C2CCN(C(=O)OC(C)(C)C)CC2)c(N2Cc3ccc(-c4nnc(C(F)F)o4)cc3C2=O)n1. The lowest BCUT2D eigenvalue weighted by molar-refractivity contribution is 0.0205. The van der Waals surface area contributed by atoms with E-state index in [1.165, 1.54) is 0 Å². The third-order valence-corrected chi connectivity index (χ3v) is 6.47. The quantitative estimate of drug-likeness (QED) is 0.498. The van der Waals surface area contributed by atoms with Gasteiger partial charge in [0.25, 0.3) is 11.8 Å². The van der Waals surface area contributed by atoms with Gasteiger partial charge in [0.15, 0.2) is 5.82 Å². The Balaban J connectivity index is 1.33. The summed E-state index contributed by atoms with van der Waals surface area (Å²) in [6.45, 7) is 6.97. The van der Waals surface area contributed by atoms with Crippen molar-refractivity contribution in [2.24, 2.45) is 7.05 Å². The standard InChI is InChI=1S/C25H28F2N6O4/c1-25(2,3)37-24(35)32-9-7-14(8-10-32)18-13-31(4)30-20(18)33-12-16-6-5-15(11-17(16)23(33)34)21-28-29-22(36-21)19(26)27/h5-6,11,13-14,19H,7-10,12H2,1-4H3. The number of hydrogen-bond donors (Lipinski definition) is 0. The number of likely N-dealkylation sites (tertiary alicyclic amines) is 1. The first-order valence-corrected chi connectivity index (χ1v) is 12.1. The maximum absolute atomic E-state index is 13.4. The maximum Gasteiger partial charge on any atom is 0.410 e. The molecule has 1 saturated heterocycles. The molecule has 4 heterocycles. The van der Waals surface area contributed by atoms with Crippen molar-refractivity contribution in [2.45, 2.75) is 58.1 Å². The summed E-state index contributed by atoms with van der Waals surface area (Å²) in [5.74, 6) is -0.366. The number of hydrogen-bond acceptors (Lipinski definition) is 7. The molecule has 0 N–H and O–H groups in total. The number of halogens is 2. The maximum atomic E-state index is 13.4. The topological polar surface area (TPSA) is 107 Å². The van der Waals surface area contributed by atoms with Crippen molar-refractivity contribution < 1.29 is 27.5 Å². The molecule has 2 amide bonds. The molecule has 0 saturated carbocycles. The summed E-state index contributed by atoms with van der Waals surface area (Å²) >= 11 is 0. The summed E-state index contributed by atoms with van der Waals surface area (Å²) in [6, 6.07) is 5.02. The van der Waals surface area contributed by atoms with E-state index < -0.39 is 17.9 Å². The summed E-state index contributed by atoms with van der Waals surface area (Å²) in [4.78, 5) is 29.2. The number of fused-ring (bicyclic) bond motifs is 1. The first-order chi connectivity index (χ1) is 17.5. The molecular weight excluding hydrogens is 486 g/mol. The molecule has 2 aromatic heterocycles. The van der Waals surface area contributed by atoms with E-state index in [2.05, 4.69) is 15.3 Å². The third-order valence-electron chi connectivity index (χ3n) is 6.47. The Morgan fingerprint density at radius 3 is 2.57 bits per heavy atom. The zero-order chi connectivity index (χ0) is 26.5. The smallest absolute Gasteiger partial charge is 0.410 e. The van der Waals surface area contributed by atoms with Crippen molar-refractivity contribution in [3.05, 3.63) is 47.0 Å². The Hall–Kier alpha value is -3.83. The number of anilines is 1. The Bertz CT molecular complexity index is 1340. The predicted octanol–water partition coefficient (Wildman–Crippen LogP) is 4.68. The molecule has 0 atom stereocenters. The molecule has 0 unspecified atom stereocenters. The molecule has 2 aliphatic heterocycles. The lowest BCUT2D eigenvalue weighted by Crippen LogP contribution is -2.41. The van der Waals surface area contributed by atoms with Crippen molar-refractivity contribution in [1.82, 2.24) is 24.9 Å². The van der Waals surface area contributed by atoms with Crippen LogP contribution in [0.4, 0.5) is 19.4 Å². The van der Waals surface area contributed by atoms with E-state index in [1.807, 2.05) is 34.0 Å². The van der Waals surface area contributed by atoms with Crippen LogP contribution in [0.25, 0.3) is 11.5 Å². The zero-order valence-corrected chi connectivity index (χ0v) is 21.1. The highest BCUT2D eigenvalue weighted by Crippen LogP contribution is 2.38. The number of rotatable bonds is 4. The average Bonchev–Trinajstić information content (AvgIpc) is 3.55. The number of carbonyl (C=O) groups excluding carboxylic acids is 2. The number of aryl methyl sites for hydroxylation is 1. The number of carbonyl (C=O) groups is 2. The average molecular weight is 515 g/mol. The molecule has 2 aliphatic rings. The second kappa shape index (κ2) is 9.24. The molecule has 5 rings (SSSR count). The van der Waals surface area contributed by atoms with Crippen LogP contribution in [0.2, 0.25) is 0 Å². The van der Waals surface area contributed by atoms with Crippen LogP contribution in [0, 0.1) is 0 Å². The van der Waals surface area contributed by atoms with Crippen molar-refractivity contribution >= 4 is 17.8 Å². The van der Waals surface area contributed by atoms with Gasteiger partial charge >= 0.3 is 12.5 Å². The van der Waals surface area contributed by atoms with Gasteiger partial charge in [-0.05, 0) is 57.2 Å². The normalized spacial score (nSPS) is 16.6. The molecule has 0 aliphatic carbocycles. The fourth-order valence-electron chi connectivity index (χ4n) is 4.74. The van der Waals surface area contributed by atoms with Crippen molar-refractivity contribution in [3.8, 4) is 11.5 Å². The lowest BCUT2D eigenvalue weighted by atomic mass is 9.91. The van der Waals surface area contributed by atoms with Gasteiger partial charge in [0.2, 0.25) is 5.89 Å². The molecule has 37 heavy (non-hydrogen) atoms. The predicted molar refractivity (Wildman–Crippen MR) is 128 cm³/mol. The van der Waals surface area contributed by atoms with E-state index in [-0.39, 0.29) is 23.8 Å². The number of ether oxygens (including phenoxy) is 1. The van der Waals surface area contributed by atoms with E-state index in [4.69, 9.17) is 9.15 Å². The molecule has 1 aromatic carbocycles. The zero-order valence-electron chi connectivity index (χ0n) is 21.1. The largest absolute Gasteiger partial charge is 0.444 e. The second-order valence-electron chi connectivity index (χ2n) is 10.3. The molecule has 12 heteroatoms. The van der Waals surface area contributed by atoms with E-state index in [0.717, 1.165) is 24.0 Å². The van der Waals surface area contributed by atoms with Gasteiger partial charge < -0.3 is 14.1 Å². The Kier molecular flexibility index (Phi) is 6.20. The summed E-state index contributed by atoms with van der Waals surface area (Å²) in [5, 5.41) is 11.6. The Labute approximate surface area is 212 Å². The Morgan fingerprint density at radius 2 is 1.92 bits per heavy atom. The first kappa shape index (κ1) is 24.8. The molecule has 3 aromatic rings. The molecule has 1 fully saturated rings. The van der Waals surface area contributed by atoms with E-state index in [9.17, 15) is 18.4 Å². The van der Waals surface area contributed by atoms with Gasteiger partial charge in [-0.1, -0.05) is 6.07 Å². The second-order valence-corrected chi connectivity index (χ2v) is 10.3. The van der Waals surface area contributed by atoms with Crippen LogP contribution in [0.1, 0.15) is 73.3 Å². The van der Waals surface area contributed by atoms with Crippen LogP contribution in [0.5, 0.6) is 0 Å². The fraction of sp³-hybridized carbons (Fsp3) is 0.480. The third kappa shape index (κ3) is 4.92. The number of benzene rings is 1. The van der Waals surface area contributed by atoms with Crippen molar-refractivity contribution in [3.63, 3.8) is 0 Å². The van der Waals surface area contributed by atoms with Gasteiger partial charge in [0.1, 0.15) is 5.60 Å². The van der Waals surface area contributed by atoms with Gasteiger partial charge in [0, 0.05) is 43.0 Å². The van der Waals surface area contributed by atoms with Gasteiger partial charge in [-0.3, -0.25) is 14.4 Å². The summed E-state index contributed by atoms with van der Waals surface area (Å²) in [7, 11) is 1.81. The van der Waals surface area contributed by atoms with Crippen LogP contribution < -0.4 is 4.90 Å². The van der Waals surface area contributed by atoms with E-state index in [0.29, 0.717) is 36.6 Å². The first-order valence-electron chi connectivity index (χ1n) is 12.1. The van der Waals surface area contributed by atoms with Crippen LogP contribution in [-0.2, 0) is 18.3 Å². The van der Waals surface area contributed by atoms with Gasteiger partial charge in [-0.2, -0.15) is 13.9 Å². The van der Waals surface area contributed by atoms with E-state index >= 15 is 0 Å². The van der Waals surface area contributed by atoms with Crippen LogP contribution in [0.3, 0.4) is 0 Å². The van der Waals surface area contributed by atoms with Crippen LogP contribution in [-0.4, -0.2) is 55.6 Å². The van der Waals surface area contributed by atoms with Crippen molar-refractivity contribution in [2.75, 3.05) is 18.0 Å². The molecular formula is C25H28F2N6O4. The van der Waals surface area contributed by atoms with Crippen LogP contribution >= 0.6 is 0 Å². The molecule has 0 spiro atoms.